The number of carbonyl (C=O) groups excluding carboxylic acids is 1. The van der Waals surface area contributed by atoms with Gasteiger partial charge in [-0.1, -0.05) is 19.8 Å². The van der Waals surface area contributed by atoms with Crippen molar-refractivity contribution in [3.8, 4) is 0 Å². The molecular weight excluding hydrogens is 240 g/mol. The lowest BCUT2D eigenvalue weighted by Gasteiger charge is -2.28. The summed E-state index contributed by atoms with van der Waals surface area (Å²) in [5, 5.41) is 9.09. The van der Waals surface area contributed by atoms with Gasteiger partial charge in [0.1, 0.15) is 0 Å². The van der Waals surface area contributed by atoms with Crippen LogP contribution in [0.25, 0.3) is 0 Å². The molecule has 2 saturated carbocycles. The summed E-state index contributed by atoms with van der Waals surface area (Å²) >= 11 is 0. The second kappa shape index (κ2) is 7.28. The molecule has 19 heavy (non-hydrogen) atoms. The Labute approximate surface area is 116 Å². The fourth-order valence-corrected chi connectivity index (χ4v) is 3.39. The van der Waals surface area contributed by atoms with Crippen LogP contribution in [0.2, 0.25) is 0 Å². The highest BCUT2D eigenvalue weighted by atomic mass is 16.5. The van der Waals surface area contributed by atoms with Crippen LogP contribution in [0.15, 0.2) is 0 Å². The van der Waals surface area contributed by atoms with Gasteiger partial charge in [0.05, 0.1) is 12.5 Å². The van der Waals surface area contributed by atoms with Crippen molar-refractivity contribution in [3.63, 3.8) is 0 Å². The quantitative estimate of drug-likeness (QED) is 0.797. The summed E-state index contributed by atoms with van der Waals surface area (Å²) in [6.45, 7) is 3.20. The molecule has 0 atom stereocenters. The first-order chi connectivity index (χ1) is 9.19. The summed E-state index contributed by atoms with van der Waals surface area (Å²) in [6.07, 6.45) is 8.72. The zero-order valence-electron chi connectivity index (χ0n) is 12.1. The standard InChI is InChI=1S/C16H28O3/c1-12-2-4-14(5-3-12)11-19-16(18)15-8-6-13(10-17)7-9-15/h12-15,17H,2-11H2,1H3. The number of hydrogen-bond donors (Lipinski definition) is 1. The minimum atomic E-state index is 0.00927. The first-order valence-corrected chi connectivity index (χ1v) is 7.96. The van der Waals surface area contributed by atoms with E-state index in [2.05, 4.69) is 6.92 Å². The van der Waals surface area contributed by atoms with Gasteiger partial charge >= 0.3 is 5.97 Å². The highest BCUT2D eigenvalue weighted by Gasteiger charge is 2.28. The molecule has 2 fully saturated rings. The summed E-state index contributed by atoms with van der Waals surface area (Å²) in [5.41, 5.74) is 0. The number of aliphatic hydroxyl groups excluding tert-OH is 1. The Kier molecular flexibility index (Phi) is 5.68. The molecule has 0 saturated heterocycles. The van der Waals surface area contributed by atoms with Crippen LogP contribution in [0.4, 0.5) is 0 Å². The Morgan fingerprint density at radius 3 is 2.16 bits per heavy atom. The van der Waals surface area contributed by atoms with Crippen molar-refractivity contribution < 1.29 is 14.6 Å². The van der Waals surface area contributed by atoms with E-state index in [1.54, 1.807) is 0 Å². The molecule has 0 bridgehead atoms. The monoisotopic (exact) mass is 268 g/mol. The van der Waals surface area contributed by atoms with Crippen molar-refractivity contribution in [2.45, 2.75) is 58.3 Å². The smallest absolute Gasteiger partial charge is 0.308 e. The summed E-state index contributed by atoms with van der Waals surface area (Å²) in [6, 6.07) is 0. The van der Waals surface area contributed by atoms with Crippen LogP contribution in [-0.4, -0.2) is 24.3 Å². The predicted octanol–water partition coefficient (Wildman–Crippen LogP) is 3.15. The Balaban J connectivity index is 1.64. The van der Waals surface area contributed by atoms with E-state index in [0.29, 0.717) is 18.4 Å². The minimum absolute atomic E-state index is 0.00927. The van der Waals surface area contributed by atoms with E-state index in [4.69, 9.17) is 9.84 Å². The highest BCUT2D eigenvalue weighted by molar-refractivity contribution is 5.72. The van der Waals surface area contributed by atoms with Crippen molar-refractivity contribution in [3.05, 3.63) is 0 Å². The average molecular weight is 268 g/mol. The van der Waals surface area contributed by atoms with Crippen molar-refractivity contribution in [1.29, 1.82) is 0 Å². The zero-order chi connectivity index (χ0) is 13.7. The molecule has 1 N–H and O–H groups in total. The predicted molar refractivity (Wildman–Crippen MR) is 74.6 cm³/mol. The van der Waals surface area contributed by atoms with Gasteiger partial charge in [-0.25, -0.2) is 0 Å². The third-order valence-electron chi connectivity index (χ3n) is 5.04. The molecule has 0 amide bonds. The van der Waals surface area contributed by atoms with Crippen LogP contribution < -0.4 is 0 Å². The van der Waals surface area contributed by atoms with Gasteiger partial charge in [0.25, 0.3) is 0 Å². The third-order valence-corrected chi connectivity index (χ3v) is 5.04. The molecule has 0 aliphatic heterocycles. The maximum absolute atomic E-state index is 12.0. The number of hydrogen-bond acceptors (Lipinski definition) is 3. The molecule has 2 aliphatic carbocycles. The molecule has 0 aromatic heterocycles. The molecule has 0 aromatic rings. The Hall–Kier alpha value is -0.570. The van der Waals surface area contributed by atoms with Crippen LogP contribution in [-0.2, 0) is 9.53 Å². The minimum Gasteiger partial charge on any atom is -0.465 e. The molecule has 2 rings (SSSR count). The Morgan fingerprint density at radius 1 is 1.00 bits per heavy atom. The fourth-order valence-electron chi connectivity index (χ4n) is 3.39. The lowest BCUT2D eigenvalue weighted by molar-refractivity contribution is -0.151. The fraction of sp³-hybridized carbons (Fsp3) is 0.938. The number of aliphatic hydroxyl groups is 1. The molecular formula is C16H28O3. The normalized spacial score (nSPS) is 35.9. The maximum Gasteiger partial charge on any atom is 0.308 e. The van der Waals surface area contributed by atoms with Gasteiger partial charge in [0.2, 0.25) is 0 Å². The van der Waals surface area contributed by atoms with Gasteiger partial charge in [-0.15, -0.1) is 0 Å². The second-order valence-corrected chi connectivity index (χ2v) is 6.66. The van der Waals surface area contributed by atoms with E-state index in [0.717, 1.165) is 31.6 Å². The van der Waals surface area contributed by atoms with E-state index in [-0.39, 0.29) is 18.5 Å². The zero-order valence-corrected chi connectivity index (χ0v) is 12.1. The van der Waals surface area contributed by atoms with Crippen LogP contribution in [0, 0.1) is 23.7 Å². The number of ether oxygens (including phenoxy) is 1. The number of rotatable bonds is 4. The molecule has 0 spiro atoms. The topological polar surface area (TPSA) is 46.5 Å². The van der Waals surface area contributed by atoms with Crippen LogP contribution in [0.5, 0.6) is 0 Å². The van der Waals surface area contributed by atoms with Crippen molar-refractivity contribution in [2.24, 2.45) is 23.7 Å². The molecule has 3 nitrogen and oxygen atoms in total. The van der Waals surface area contributed by atoms with Crippen LogP contribution in [0.1, 0.15) is 58.3 Å². The van der Waals surface area contributed by atoms with Gasteiger partial charge in [-0.2, -0.15) is 0 Å². The molecule has 3 heteroatoms. The van der Waals surface area contributed by atoms with E-state index in [1.807, 2.05) is 0 Å². The van der Waals surface area contributed by atoms with E-state index < -0.39 is 0 Å². The Bertz CT molecular complexity index is 274. The first-order valence-electron chi connectivity index (χ1n) is 7.96. The highest BCUT2D eigenvalue weighted by Crippen LogP contribution is 2.31. The first kappa shape index (κ1) is 14.8. The third kappa shape index (κ3) is 4.48. The van der Waals surface area contributed by atoms with Gasteiger partial charge in [-0.05, 0) is 56.3 Å². The lowest BCUT2D eigenvalue weighted by Crippen LogP contribution is -2.27. The molecule has 0 heterocycles. The SMILES string of the molecule is CC1CCC(COC(=O)C2CCC(CO)CC2)CC1. The second-order valence-electron chi connectivity index (χ2n) is 6.66. The van der Waals surface area contributed by atoms with Gasteiger partial charge in [0, 0.05) is 6.61 Å². The summed E-state index contributed by atoms with van der Waals surface area (Å²) in [5.74, 6) is 1.94. The van der Waals surface area contributed by atoms with Crippen molar-refractivity contribution in [1.82, 2.24) is 0 Å². The summed E-state index contributed by atoms with van der Waals surface area (Å²) in [4.78, 5) is 12.0. The molecule has 0 radical (unpaired) electrons. The van der Waals surface area contributed by atoms with Gasteiger partial charge in [0.15, 0.2) is 0 Å². The Morgan fingerprint density at radius 2 is 1.58 bits per heavy atom. The molecule has 110 valence electrons. The van der Waals surface area contributed by atoms with Crippen LogP contribution in [0.3, 0.4) is 0 Å². The summed E-state index contributed by atoms with van der Waals surface area (Å²) < 4.78 is 5.52. The van der Waals surface area contributed by atoms with Gasteiger partial charge < -0.3 is 9.84 Å². The number of carbonyl (C=O) groups is 1. The molecule has 0 unspecified atom stereocenters. The molecule has 2 aliphatic rings. The lowest BCUT2D eigenvalue weighted by atomic mass is 9.82. The van der Waals surface area contributed by atoms with Gasteiger partial charge in [-0.3, -0.25) is 4.79 Å². The number of esters is 1. The molecule has 0 aromatic carbocycles. The largest absolute Gasteiger partial charge is 0.465 e. The van der Waals surface area contributed by atoms with Crippen molar-refractivity contribution in [2.75, 3.05) is 13.2 Å². The maximum atomic E-state index is 12.0. The average Bonchev–Trinajstić information content (AvgIpc) is 2.46. The van der Waals surface area contributed by atoms with Crippen LogP contribution >= 0.6 is 0 Å². The van der Waals surface area contributed by atoms with E-state index in [1.165, 1.54) is 25.7 Å². The van der Waals surface area contributed by atoms with E-state index >= 15 is 0 Å². The summed E-state index contributed by atoms with van der Waals surface area (Å²) in [7, 11) is 0. The van der Waals surface area contributed by atoms with E-state index in [9.17, 15) is 4.79 Å². The van der Waals surface area contributed by atoms with Crippen molar-refractivity contribution >= 4 is 5.97 Å².